The van der Waals surface area contributed by atoms with Crippen LogP contribution in [0.4, 0.5) is 5.69 Å². The van der Waals surface area contributed by atoms with Crippen molar-refractivity contribution in [3.05, 3.63) is 123 Å². The first-order chi connectivity index (χ1) is 27.8. The fraction of sp³-hybridized carbons (Fsp3) is 0.429. The largest absolute Gasteiger partial charge is 0.497 e. The number of aryl methyl sites for hydroxylation is 3. The molecule has 4 rings (SSSR count). The second-order valence-corrected chi connectivity index (χ2v) is 17.3. The van der Waals surface area contributed by atoms with Crippen LogP contribution in [0.1, 0.15) is 123 Å². The molecule has 0 N–H and O–H groups in total. The molecule has 0 aliphatic rings. The predicted molar refractivity (Wildman–Crippen MR) is 241 cm³/mol. The summed E-state index contributed by atoms with van der Waals surface area (Å²) in [6, 6.07) is 27.5. The Morgan fingerprint density at radius 1 is 0.610 bits per heavy atom. The summed E-state index contributed by atoms with van der Waals surface area (Å²) >= 11 is 3.29. The topological polar surface area (TPSA) is 108 Å². The number of esters is 2. The van der Waals surface area contributed by atoms with E-state index >= 15 is 0 Å². The van der Waals surface area contributed by atoms with Crippen LogP contribution in [0.25, 0.3) is 0 Å². The van der Waals surface area contributed by atoms with Crippen molar-refractivity contribution >= 4 is 46.1 Å². The van der Waals surface area contributed by atoms with Crippen LogP contribution in [-0.2, 0) is 32.0 Å². The van der Waals surface area contributed by atoms with Gasteiger partial charge in [0.15, 0.2) is 0 Å². The molecule has 0 saturated carbocycles. The van der Waals surface area contributed by atoms with Gasteiger partial charge < -0.3 is 23.8 Å². The highest BCUT2D eigenvalue weighted by atomic mass is 79.9. The number of nitrogens with zero attached hydrogens (tertiary/aromatic N) is 1. The Kier molecular flexibility index (Phi) is 21.7. The smallest absolute Gasteiger partial charge is 0.306 e. The third kappa shape index (κ3) is 22.1. The predicted octanol–water partition coefficient (Wildman–Crippen LogP) is 11.7. The van der Waals surface area contributed by atoms with Crippen molar-refractivity contribution in [1.82, 2.24) is 0 Å². The number of unbranched alkanes of at least 4 members (excludes halogenated alkanes) is 2. The molecule has 0 amide bonds. The zero-order valence-electron chi connectivity index (χ0n) is 36.7. The summed E-state index contributed by atoms with van der Waals surface area (Å²) in [6.07, 6.45) is 7.31. The van der Waals surface area contributed by atoms with Crippen LogP contribution in [-0.4, -0.2) is 56.5 Å². The van der Waals surface area contributed by atoms with Crippen LogP contribution < -0.4 is 14.4 Å². The number of carbonyl (C=O) groups is 4. The Morgan fingerprint density at radius 3 is 1.56 bits per heavy atom. The molecule has 10 heteroatoms. The van der Waals surface area contributed by atoms with Gasteiger partial charge in [-0.15, -0.1) is 0 Å². The van der Waals surface area contributed by atoms with E-state index in [1.807, 2.05) is 116 Å². The van der Waals surface area contributed by atoms with E-state index < -0.39 is 5.60 Å². The van der Waals surface area contributed by atoms with E-state index in [0.29, 0.717) is 43.5 Å². The summed E-state index contributed by atoms with van der Waals surface area (Å²) in [5, 5.41) is 0. The van der Waals surface area contributed by atoms with Crippen molar-refractivity contribution in [3.8, 4) is 11.5 Å². The normalized spacial score (nSPS) is 10.8. The molecule has 4 aromatic carbocycles. The zero-order valence-corrected chi connectivity index (χ0v) is 38.3. The lowest BCUT2D eigenvalue weighted by atomic mass is 10.1. The molecule has 4 aromatic rings. The van der Waals surface area contributed by atoms with Crippen molar-refractivity contribution in [3.63, 3.8) is 0 Å². The lowest BCUT2D eigenvalue weighted by Gasteiger charge is -2.26. The molecule has 0 radical (unpaired) electrons. The molecule has 0 aromatic heterocycles. The summed E-state index contributed by atoms with van der Waals surface area (Å²) in [4.78, 5) is 47.4. The molecule has 0 heterocycles. The Labute approximate surface area is 360 Å². The molecular formula is C49H64BrNO8. The number of rotatable bonds is 17. The molecule has 0 saturated heterocycles. The molecule has 0 unspecified atom stereocenters. The number of benzene rings is 4. The van der Waals surface area contributed by atoms with Gasteiger partial charge in [-0.25, -0.2) is 0 Å². The molecule has 0 fully saturated rings. The first-order valence-electron chi connectivity index (χ1n) is 20.1. The Bertz CT molecular complexity index is 1870. The third-order valence-electron chi connectivity index (χ3n) is 8.47. The molecule has 59 heavy (non-hydrogen) atoms. The maximum Gasteiger partial charge on any atom is 0.306 e. The Hall–Kier alpha value is -4.96. The SMILES string of the molecule is COc1ccc(CCCCCC(=O)OC(C)(C)C)cc1.COc1ccc(CN(CCCC(=O)OC(C)(C)C)c2cc(C)cc(C=O)c2)cc1.Cc1cc(Br)cc(C=O)c1. The Morgan fingerprint density at radius 2 is 1.08 bits per heavy atom. The number of halogens is 1. The number of aldehydes is 2. The van der Waals surface area contributed by atoms with Crippen LogP contribution >= 0.6 is 15.9 Å². The third-order valence-corrected chi connectivity index (χ3v) is 8.93. The summed E-state index contributed by atoms with van der Waals surface area (Å²) in [7, 11) is 3.32. The van der Waals surface area contributed by atoms with Gasteiger partial charge in [-0.1, -0.05) is 46.6 Å². The van der Waals surface area contributed by atoms with Crippen molar-refractivity contribution in [2.24, 2.45) is 0 Å². The van der Waals surface area contributed by atoms with Gasteiger partial charge in [0.1, 0.15) is 35.3 Å². The van der Waals surface area contributed by atoms with Gasteiger partial charge in [-0.2, -0.15) is 0 Å². The van der Waals surface area contributed by atoms with Crippen LogP contribution in [0, 0.1) is 13.8 Å². The van der Waals surface area contributed by atoms with E-state index in [9.17, 15) is 19.2 Å². The molecule has 0 aliphatic heterocycles. The molecule has 0 spiro atoms. The van der Waals surface area contributed by atoms with E-state index in [-0.39, 0.29) is 17.5 Å². The van der Waals surface area contributed by atoms with Crippen molar-refractivity contribution in [1.29, 1.82) is 0 Å². The quantitative estimate of drug-likeness (QED) is 0.0582. The summed E-state index contributed by atoms with van der Waals surface area (Å²) < 4.78 is 22.0. The van der Waals surface area contributed by atoms with Gasteiger partial charge in [0, 0.05) is 47.2 Å². The first kappa shape index (κ1) is 50.2. The molecule has 0 aliphatic carbocycles. The van der Waals surface area contributed by atoms with Gasteiger partial charge >= 0.3 is 11.9 Å². The molecule has 9 nitrogen and oxygen atoms in total. The van der Waals surface area contributed by atoms with Gasteiger partial charge in [0.05, 0.1) is 14.2 Å². The summed E-state index contributed by atoms with van der Waals surface area (Å²) in [5.74, 6) is 1.41. The molecule has 320 valence electrons. The lowest BCUT2D eigenvalue weighted by Crippen LogP contribution is -2.27. The standard InChI is InChI=1S/C24H31NO4.C17H26O3.C8H7BrO/c1-18-13-20(17-26)15-21(14-18)25(12-6-7-23(27)29-24(2,3)4)16-19-8-10-22(28-5)11-9-19;1-17(2,3)20-16(18)9-7-5-6-8-14-10-12-15(19-4)13-11-14;1-6-2-7(5-10)4-8(9)3-6/h8-11,13-15,17H,6-7,12,16H2,1-5H3;10-13H,5-9H2,1-4H3;2-5H,1H3. The highest BCUT2D eigenvalue weighted by Gasteiger charge is 2.18. The average Bonchev–Trinajstić information content (AvgIpc) is 3.16. The van der Waals surface area contributed by atoms with Crippen molar-refractivity contribution in [2.45, 2.75) is 118 Å². The average molecular weight is 875 g/mol. The van der Waals surface area contributed by atoms with Crippen LogP contribution in [0.15, 0.2) is 89.4 Å². The summed E-state index contributed by atoms with van der Waals surface area (Å²) in [6.45, 7) is 16.6. The second kappa shape index (κ2) is 25.5. The molecule has 0 bridgehead atoms. The maximum atomic E-state index is 12.1. The van der Waals surface area contributed by atoms with Gasteiger partial charge in [0.2, 0.25) is 0 Å². The van der Waals surface area contributed by atoms with Crippen LogP contribution in [0.5, 0.6) is 11.5 Å². The number of hydrogen-bond donors (Lipinski definition) is 0. The fourth-order valence-electron chi connectivity index (χ4n) is 5.89. The highest BCUT2D eigenvalue weighted by Crippen LogP contribution is 2.23. The maximum absolute atomic E-state index is 12.1. The van der Waals surface area contributed by atoms with E-state index in [2.05, 4.69) is 39.0 Å². The number of ether oxygens (including phenoxy) is 4. The monoisotopic (exact) mass is 873 g/mol. The van der Waals surface area contributed by atoms with Gasteiger partial charge in [0.25, 0.3) is 0 Å². The van der Waals surface area contributed by atoms with E-state index in [4.69, 9.17) is 18.9 Å². The lowest BCUT2D eigenvalue weighted by molar-refractivity contribution is -0.156. The van der Waals surface area contributed by atoms with E-state index in [1.54, 1.807) is 20.3 Å². The minimum Gasteiger partial charge on any atom is -0.497 e. The van der Waals surface area contributed by atoms with Gasteiger partial charge in [-0.3, -0.25) is 19.2 Å². The molecule has 0 atom stereocenters. The van der Waals surface area contributed by atoms with Crippen molar-refractivity contribution in [2.75, 3.05) is 25.7 Å². The number of methoxy groups -OCH3 is 2. The van der Waals surface area contributed by atoms with E-state index in [1.165, 1.54) is 5.56 Å². The number of carbonyl (C=O) groups excluding carboxylic acids is 4. The minimum atomic E-state index is -0.477. The van der Waals surface area contributed by atoms with Gasteiger partial charge in [-0.05, 0) is 164 Å². The van der Waals surface area contributed by atoms with Crippen LogP contribution in [0.2, 0.25) is 0 Å². The van der Waals surface area contributed by atoms with Crippen LogP contribution in [0.3, 0.4) is 0 Å². The van der Waals surface area contributed by atoms with E-state index in [0.717, 1.165) is 76.6 Å². The highest BCUT2D eigenvalue weighted by molar-refractivity contribution is 9.10. The number of anilines is 1. The fourth-order valence-corrected chi connectivity index (χ4v) is 6.52. The molecular weight excluding hydrogens is 810 g/mol. The summed E-state index contributed by atoms with van der Waals surface area (Å²) in [5.41, 5.74) is 6.02. The Balaban J connectivity index is 0.000000343. The first-order valence-corrected chi connectivity index (χ1v) is 20.9. The number of hydrogen-bond acceptors (Lipinski definition) is 9. The second-order valence-electron chi connectivity index (χ2n) is 16.4. The minimum absolute atomic E-state index is 0.0954. The zero-order chi connectivity index (χ0) is 44.0. The van der Waals surface area contributed by atoms with Crippen molar-refractivity contribution < 1.29 is 38.1 Å².